The number of hydrogen-bond acceptors (Lipinski definition) is 4. The van der Waals surface area contributed by atoms with Gasteiger partial charge in [0.05, 0.1) is 11.2 Å². The predicted octanol–water partition coefficient (Wildman–Crippen LogP) is 2.30. The lowest BCUT2D eigenvalue weighted by atomic mass is 10.1. The minimum absolute atomic E-state index is 0.0211. The molecule has 0 spiro atoms. The maximum Gasteiger partial charge on any atom is 0.253 e. The van der Waals surface area contributed by atoms with Gasteiger partial charge >= 0.3 is 0 Å². The van der Waals surface area contributed by atoms with Gasteiger partial charge in [-0.1, -0.05) is 11.2 Å². The van der Waals surface area contributed by atoms with E-state index >= 15 is 0 Å². The summed E-state index contributed by atoms with van der Waals surface area (Å²) in [6.45, 7) is 1.20. The highest BCUT2D eigenvalue weighted by molar-refractivity contribution is 5.99. The lowest BCUT2D eigenvalue weighted by Gasteiger charge is -2.27. The second kappa shape index (κ2) is 5.28. The Balaban J connectivity index is 1.82. The van der Waals surface area contributed by atoms with Crippen molar-refractivity contribution in [3.63, 3.8) is 0 Å². The van der Waals surface area contributed by atoms with Gasteiger partial charge < -0.3 is 10.1 Å². The summed E-state index contributed by atoms with van der Waals surface area (Å²) >= 11 is 0. The minimum atomic E-state index is 0.0211. The fourth-order valence-electron chi connectivity index (χ4n) is 2.46. The molecule has 1 saturated heterocycles. The summed E-state index contributed by atoms with van der Waals surface area (Å²) in [7, 11) is 0. The molecule has 3 rings (SSSR count). The molecule has 0 bridgehead atoms. The number of benzene rings is 1. The van der Waals surface area contributed by atoms with Gasteiger partial charge in [0, 0.05) is 43.1 Å². The molecule has 102 valence electrons. The fraction of sp³-hybridized carbons (Fsp3) is 0.267. The largest absolute Gasteiger partial charge is 0.411 e. The van der Waals surface area contributed by atoms with E-state index in [9.17, 15) is 4.79 Å². The Hall–Kier alpha value is -2.43. The van der Waals surface area contributed by atoms with Crippen LogP contribution in [0.25, 0.3) is 10.9 Å². The van der Waals surface area contributed by atoms with E-state index in [0.717, 1.165) is 16.6 Å². The number of carbonyl (C=O) groups excluding carboxylic acids is 1. The number of nitrogens with zero attached hydrogens (tertiary/aromatic N) is 3. The Morgan fingerprint density at radius 1 is 1.25 bits per heavy atom. The molecule has 2 heterocycles. The van der Waals surface area contributed by atoms with Gasteiger partial charge in [-0.3, -0.25) is 9.78 Å². The maximum atomic E-state index is 12.4. The summed E-state index contributed by atoms with van der Waals surface area (Å²) in [5.41, 5.74) is 2.32. The Labute approximate surface area is 116 Å². The van der Waals surface area contributed by atoms with E-state index in [1.54, 1.807) is 11.1 Å². The first-order chi connectivity index (χ1) is 9.78. The zero-order valence-electron chi connectivity index (χ0n) is 11.0. The average Bonchev–Trinajstić information content (AvgIpc) is 2.54. The van der Waals surface area contributed by atoms with E-state index in [-0.39, 0.29) is 5.91 Å². The van der Waals surface area contributed by atoms with E-state index in [1.165, 1.54) is 0 Å². The maximum absolute atomic E-state index is 12.4. The molecular formula is C15H15N3O2. The van der Waals surface area contributed by atoms with Crippen LogP contribution in [0.15, 0.2) is 41.7 Å². The number of hydrogen-bond donors (Lipinski definition) is 1. The molecule has 1 amide bonds. The smallest absolute Gasteiger partial charge is 0.253 e. The molecule has 1 aliphatic rings. The Kier molecular flexibility index (Phi) is 3.33. The normalized spacial score (nSPS) is 15.4. The summed E-state index contributed by atoms with van der Waals surface area (Å²) < 4.78 is 0. The van der Waals surface area contributed by atoms with Crippen LogP contribution in [0.4, 0.5) is 0 Å². The number of oxime groups is 1. The first-order valence-electron chi connectivity index (χ1n) is 6.62. The molecule has 1 aliphatic heterocycles. The van der Waals surface area contributed by atoms with E-state index in [2.05, 4.69) is 10.1 Å². The monoisotopic (exact) mass is 269 g/mol. The summed E-state index contributed by atoms with van der Waals surface area (Å²) in [5, 5.41) is 12.9. The number of aromatic nitrogens is 1. The van der Waals surface area contributed by atoms with Crippen LogP contribution >= 0.6 is 0 Å². The third-order valence-electron chi connectivity index (χ3n) is 3.62. The van der Waals surface area contributed by atoms with E-state index in [0.29, 0.717) is 31.5 Å². The second-order valence-corrected chi connectivity index (χ2v) is 4.87. The zero-order valence-corrected chi connectivity index (χ0v) is 11.0. The van der Waals surface area contributed by atoms with Crippen LogP contribution in [0.2, 0.25) is 0 Å². The van der Waals surface area contributed by atoms with Crippen molar-refractivity contribution in [3.8, 4) is 0 Å². The standard InChI is InChI=1S/C15H15N3O2/c19-15(18-8-5-13(17-20)6-9-18)12-3-4-14-11(10-12)2-1-7-16-14/h1-4,7,10,20H,5-6,8-9H2. The molecule has 0 saturated carbocycles. The van der Waals surface area contributed by atoms with Crippen molar-refractivity contribution in [1.29, 1.82) is 0 Å². The first kappa shape index (κ1) is 12.6. The molecule has 20 heavy (non-hydrogen) atoms. The second-order valence-electron chi connectivity index (χ2n) is 4.87. The zero-order chi connectivity index (χ0) is 13.9. The van der Waals surface area contributed by atoms with Crippen LogP contribution < -0.4 is 0 Å². The lowest BCUT2D eigenvalue weighted by Crippen LogP contribution is -2.38. The number of carbonyl (C=O) groups is 1. The molecule has 0 atom stereocenters. The first-order valence-corrected chi connectivity index (χ1v) is 6.62. The van der Waals surface area contributed by atoms with Crippen LogP contribution in [-0.4, -0.2) is 39.8 Å². The molecule has 1 aromatic heterocycles. The number of pyridine rings is 1. The van der Waals surface area contributed by atoms with E-state index in [4.69, 9.17) is 5.21 Å². The highest BCUT2D eigenvalue weighted by Gasteiger charge is 2.21. The molecule has 2 aromatic rings. The predicted molar refractivity (Wildman–Crippen MR) is 76.1 cm³/mol. The third-order valence-corrected chi connectivity index (χ3v) is 3.62. The molecule has 1 fully saturated rings. The van der Waals surface area contributed by atoms with Crippen molar-refractivity contribution in [3.05, 3.63) is 42.1 Å². The number of amides is 1. The molecule has 1 aromatic carbocycles. The highest BCUT2D eigenvalue weighted by Crippen LogP contribution is 2.17. The molecule has 5 heteroatoms. The van der Waals surface area contributed by atoms with Crippen LogP contribution in [0.5, 0.6) is 0 Å². The Morgan fingerprint density at radius 3 is 2.80 bits per heavy atom. The Bertz CT molecular complexity index is 672. The average molecular weight is 269 g/mol. The quantitative estimate of drug-likeness (QED) is 0.638. The van der Waals surface area contributed by atoms with Crippen molar-refractivity contribution in [2.45, 2.75) is 12.8 Å². The summed E-state index contributed by atoms with van der Waals surface area (Å²) in [5.74, 6) is 0.0211. The van der Waals surface area contributed by atoms with E-state index < -0.39 is 0 Å². The number of piperidine rings is 1. The molecule has 0 unspecified atom stereocenters. The van der Waals surface area contributed by atoms with Gasteiger partial charge in [0.2, 0.25) is 0 Å². The fourth-order valence-corrected chi connectivity index (χ4v) is 2.46. The molecular weight excluding hydrogens is 254 g/mol. The van der Waals surface area contributed by atoms with Crippen LogP contribution in [0.1, 0.15) is 23.2 Å². The summed E-state index contributed by atoms with van der Waals surface area (Å²) in [6, 6.07) is 9.37. The molecule has 1 N–H and O–H groups in total. The van der Waals surface area contributed by atoms with Gasteiger partial charge in [0.15, 0.2) is 0 Å². The molecule has 0 aliphatic carbocycles. The van der Waals surface area contributed by atoms with Gasteiger partial charge in [-0.2, -0.15) is 0 Å². The van der Waals surface area contributed by atoms with Crippen LogP contribution in [-0.2, 0) is 0 Å². The topological polar surface area (TPSA) is 65.8 Å². The SMILES string of the molecule is O=C(c1ccc2ncccc2c1)N1CCC(=NO)CC1. The van der Waals surface area contributed by atoms with Gasteiger partial charge in [-0.05, 0) is 24.3 Å². The van der Waals surface area contributed by atoms with Crippen molar-refractivity contribution in [2.24, 2.45) is 5.16 Å². The van der Waals surface area contributed by atoms with Gasteiger partial charge in [0.1, 0.15) is 0 Å². The summed E-state index contributed by atoms with van der Waals surface area (Å²) in [4.78, 5) is 18.5. The van der Waals surface area contributed by atoms with Crippen molar-refractivity contribution in [2.75, 3.05) is 13.1 Å². The molecule has 5 nitrogen and oxygen atoms in total. The van der Waals surface area contributed by atoms with Gasteiger partial charge in [-0.15, -0.1) is 0 Å². The third kappa shape index (κ3) is 2.34. The molecule has 0 radical (unpaired) electrons. The lowest BCUT2D eigenvalue weighted by molar-refractivity contribution is 0.0754. The summed E-state index contributed by atoms with van der Waals surface area (Å²) in [6.07, 6.45) is 3.01. The van der Waals surface area contributed by atoms with E-state index in [1.807, 2.05) is 30.3 Å². The Morgan fingerprint density at radius 2 is 2.05 bits per heavy atom. The van der Waals surface area contributed by atoms with Crippen LogP contribution in [0.3, 0.4) is 0 Å². The number of likely N-dealkylation sites (tertiary alicyclic amines) is 1. The number of fused-ring (bicyclic) bond motifs is 1. The van der Waals surface area contributed by atoms with Gasteiger partial charge in [0.25, 0.3) is 5.91 Å². The van der Waals surface area contributed by atoms with Gasteiger partial charge in [-0.25, -0.2) is 0 Å². The number of rotatable bonds is 1. The highest BCUT2D eigenvalue weighted by atomic mass is 16.4. The van der Waals surface area contributed by atoms with Crippen molar-refractivity contribution >= 4 is 22.5 Å². The minimum Gasteiger partial charge on any atom is -0.411 e. The van der Waals surface area contributed by atoms with Crippen molar-refractivity contribution in [1.82, 2.24) is 9.88 Å². The van der Waals surface area contributed by atoms with Crippen molar-refractivity contribution < 1.29 is 10.0 Å². The van der Waals surface area contributed by atoms with Crippen LogP contribution in [0, 0.1) is 0 Å².